The Balaban J connectivity index is 2.04. The molecule has 0 saturated carbocycles. The van der Waals surface area contributed by atoms with Crippen molar-refractivity contribution in [2.24, 2.45) is 7.05 Å². The third kappa shape index (κ3) is 2.40. The van der Waals surface area contributed by atoms with E-state index in [1.807, 2.05) is 42.1 Å². The molecule has 0 fully saturated rings. The summed E-state index contributed by atoms with van der Waals surface area (Å²) in [7, 11) is 1.99. The molecule has 6 nitrogen and oxygen atoms in total. The largest absolute Gasteiger partial charge is 0.310 e. The van der Waals surface area contributed by atoms with Gasteiger partial charge in [0.2, 0.25) is 0 Å². The van der Waals surface area contributed by atoms with Gasteiger partial charge in [-0.05, 0) is 50.8 Å². The Kier molecular flexibility index (Phi) is 3.98. The van der Waals surface area contributed by atoms with Crippen molar-refractivity contribution in [1.29, 1.82) is 0 Å². The zero-order chi connectivity index (χ0) is 18.4. The molecule has 0 saturated heterocycles. The summed E-state index contributed by atoms with van der Waals surface area (Å²) in [4.78, 5) is 14.2. The summed E-state index contributed by atoms with van der Waals surface area (Å²) >= 11 is 0. The van der Waals surface area contributed by atoms with Crippen LogP contribution >= 0.6 is 0 Å². The van der Waals surface area contributed by atoms with E-state index in [0.717, 1.165) is 52.6 Å². The molecule has 134 valence electrons. The van der Waals surface area contributed by atoms with Gasteiger partial charge in [-0.1, -0.05) is 13.8 Å². The van der Waals surface area contributed by atoms with Crippen molar-refractivity contribution in [2.45, 2.75) is 46.5 Å². The highest BCUT2D eigenvalue weighted by atomic mass is 15.3. The van der Waals surface area contributed by atoms with Crippen molar-refractivity contribution in [3.8, 4) is 11.5 Å². The van der Waals surface area contributed by atoms with Crippen molar-refractivity contribution in [3.05, 3.63) is 41.3 Å². The van der Waals surface area contributed by atoms with Gasteiger partial charge in [0, 0.05) is 18.8 Å². The van der Waals surface area contributed by atoms with Crippen molar-refractivity contribution >= 4 is 16.8 Å². The highest BCUT2D eigenvalue weighted by molar-refractivity contribution is 5.77. The predicted octanol–water partition coefficient (Wildman–Crippen LogP) is 4.20. The first-order valence-electron chi connectivity index (χ1n) is 9.19. The topological polar surface area (TPSA) is 60.9 Å². The Morgan fingerprint density at radius 3 is 2.54 bits per heavy atom. The van der Waals surface area contributed by atoms with E-state index in [2.05, 4.69) is 24.9 Å². The maximum Gasteiger partial charge on any atom is 0.162 e. The highest BCUT2D eigenvalue weighted by Crippen LogP contribution is 2.31. The van der Waals surface area contributed by atoms with E-state index in [1.54, 1.807) is 6.20 Å². The van der Waals surface area contributed by atoms with Gasteiger partial charge >= 0.3 is 0 Å². The van der Waals surface area contributed by atoms with Crippen LogP contribution in [0.4, 0.5) is 0 Å². The first-order chi connectivity index (χ1) is 12.5. The van der Waals surface area contributed by atoms with E-state index < -0.39 is 0 Å². The van der Waals surface area contributed by atoms with E-state index in [0.29, 0.717) is 5.92 Å². The Bertz CT molecular complexity index is 1100. The minimum Gasteiger partial charge on any atom is -0.310 e. The molecule has 26 heavy (non-hydrogen) atoms. The second-order valence-electron chi connectivity index (χ2n) is 6.88. The lowest BCUT2D eigenvalue weighted by Crippen LogP contribution is -2.06. The lowest BCUT2D eigenvalue weighted by Gasteiger charge is -2.14. The average Bonchev–Trinajstić information content (AvgIpc) is 3.13. The van der Waals surface area contributed by atoms with Crippen LogP contribution in [0.2, 0.25) is 0 Å². The van der Waals surface area contributed by atoms with Gasteiger partial charge in [-0.2, -0.15) is 5.10 Å². The molecule has 6 heteroatoms. The monoisotopic (exact) mass is 348 g/mol. The fourth-order valence-electron chi connectivity index (χ4n) is 3.80. The van der Waals surface area contributed by atoms with Gasteiger partial charge in [-0.25, -0.2) is 19.5 Å². The molecule has 4 aromatic rings. The molecular formula is C20H24N6. The van der Waals surface area contributed by atoms with Crippen molar-refractivity contribution in [2.75, 3.05) is 0 Å². The molecule has 0 N–H and O–H groups in total. The molecular weight excluding hydrogens is 324 g/mol. The van der Waals surface area contributed by atoms with Gasteiger partial charge in [0.15, 0.2) is 17.1 Å². The predicted molar refractivity (Wildman–Crippen MR) is 103 cm³/mol. The molecule has 0 aliphatic carbocycles. The van der Waals surface area contributed by atoms with Crippen LogP contribution in [0.25, 0.3) is 28.3 Å². The van der Waals surface area contributed by atoms with Gasteiger partial charge < -0.3 is 4.57 Å². The summed E-state index contributed by atoms with van der Waals surface area (Å²) in [6.45, 7) is 8.53. The Morgan fingerprint density at radius 1 is 1.08 bits per heavy atom. The number of aromatic nitrogens is 6. The summed E-state index contributed by atoms with van der Waals surface area (Å²) in [6.07, 6.45) is 3.98. The van der Waals surface area contributed by atoms with Crippen molar-refractivity contribution in [1.82, 2.24) is 29.1 Å². The fraction of sp³-hybridized carbons (Fsp3) is 0.400. The van der Waals surface area contributed by atoms with Crippen LogP contribution < -0.4 is 0 Å². The van der Waals surface area contributed by atoms with Crippen LogP contribution in [-0.2, 0) is 7.05 Å². The molecule has 0 aliphatic heterocycles. The van der Waals surface area contributed by atoms with E-state index in [9.17, 15) is 0 Å². The molecule has 0 amide bonds. The first kappa shape index (κ1) is 16.7. The number of nitrogens with zero attached hydrogens (tertiary/aromatic N) is 6. The van der Waals surface area contributed by atoms with E-state index in [-0.39, 0.29) is 0 Å². The number of imidazole rings is 2. The smallest absolute Gasteiger partial charge is 0.162 e. The molecule has 0 unspecified atom stereocenters. The molecule has 0 atom stereocenters. The van der Waals surface area contributed by atoms with Crippen LogP contribution in [0.1, 0.15) is 49.6 Å². The van der Waals surface area contributed by atoms with Gasteiger partial charge in [0.25, 0.3) is 0 Å². The van der Waals surface area contributed by atoms with Crippen molar-refractivity contribution < 1.29 is 0 Å². The second kappa shape index (κ2) is 6.20. The molecule has 0 bridgehead atoms. The molecule has 0 aliphatic rings. The maximum atomic E-state index is 4.89. The van der Waals surface area contributed by atoms with Crippen LogP contribution in [0.5, 0.6) is 0 Å². The zero-order valence-electron chi connectivity index (χ0n) is 16.0. The average molecular weight is 348 g/mol. The lowest BCUT2D eigenvalue weighted by molar-refractivity contribution is 0.638. The summed E-state index contributed by atoms with van der Waals surface area (Å²) in [5.41, 5.74) is 6.84. The van der Waals surface area contributed by atoms with Gasteiger partial charge in [0.1, 0.15) is 11.2 Å². The number of hydrogen-bond donors (Lipinski definition) is 0. The molecule has 0 spiro atoms. The molecule has 0 aromatic carbocycles. The van der Waals surface area contributed by atoms with Crippen molar-refractivity contribution in [3.63, 3.8) is 0 Å². The quantitative estimate of drug-likeness (QED) is 0.554. The minimum atomic E-state index is 0.482. The first-order valence-corrected chi connectivity index (χ1v) is 9.19. The normalized spacial score (nSPS) is 11.9. The van der Waals surface area contributed by atoms with Crippen LogP contribution in [0, 0.1) is 13.8 Å². The Hall–Kier alpha value is -2.76. The molecule has 4 heterocycles. The molecule has 4 aromatic heterocycles. The third-order valence-electron chi connectivity index (χ3n) is 5.17. The lowest BCUT2D eigenvalue weighted by atomic mass is 9.95. The van der Waals surface area contributed by atoms with E-state index >= 15 is 0 Å². The van der Waals surface area contributed by atoms with Gasteiger partial charge in [-0.3, -0.25) is 0 Å². The molecule has 0 radical (unpaired) electrons. The Labute approximate surface area is 152 Å². The number of fused-ring (bicyclic) bond motifs is 2. The molecule has 4 rings (SSSR count). The van der Waals surface area contributed by atoms with Gasteiger partial charge in [-0.15, -0.1) is 0 Å². The minimum absolute atomic E-state index is 0.482. The van der Waals surface area contributed by atoms with Crippen LogP contribution in [0.3, 0.4) is 0 Å². The highest BCUT2D eigenvalue weighted by Gasteiger charge is 2.22. The summed E-state index contributed by atoms with van der Waals surface area (Å²) in [5.74, 6) is 1.33. The second-order valence-corrected chi connectivity index (χ2v) is 6.88. The third-order valence-corrected chi connectivity index (χ3v) is 5.17. The Morgan fingerprint density at radius 2 is 1.85 bits per heavy atom. The number of aryl methyl sites for hydroxylation is 3. The van der Waals surface area contributed by atoms with E-state index in [1.165, 1.54) is 5.56 Å². The van der Waals surface area contributed by atoms with Crippen LogP contribution in [-0.4, -0.2) is 29.1 Å². The standard InChI is InChI=1S/C20H24N6/c1-6-14(7-2)15-11-12(3)24-26-17(13(4)22-18(15)26)20-23-16-9-8-10-21-19(16)25(20)5/h8-11,14H,6-7H2,1-5H3. The van der Waals surface area contributed by atoms with Crippen LogP contribution in [0.15, 0.2) is 24.4 Å². The number of rotatable bonds is 4. The summed E-state index contributed by atoms with van der Waals surface area (Å²) in [5, 5.41) is 4.78. The maximum absolute atomic E-state index is 4.89. The zero-order valence-corrected chi connectivity index (χ0v) is 16.0. The SMILES string of the molecule is CCC(CC)c1cc(C)nn2c(-c3nc4cccnc4n3C)c(C)nc12. The van der Waals surface area contributed by atoms with E-state index in [4.69, 9.17) is 15.1 Å². The summed E-state index contributed by atoms with van der Waals surface area (Å²) in [6, 6.07) is 6.08. The fourth-order valence-corrected chi connectivity index (χ4v) is 3.80. The number of hydrogen-bond acceptors (Lipinski definition) is 4. The summed E-state index contributed by atoms with van der Waals surface area (Å²) < 4.78 is 3.99. The van der Waals surface area contributed by atoms with Gasteiger partial charge in [0.05, 0.1) is 11.4 Å². The number of pyridine rings is 1.